The first-order valence-corrected chi connectivity index (χ1v) is 16.4. The zero-order valence-corrected chi connectivity index (χ0v) is 25.7. The molecule has 3 aromatic rings. The van der Waals surface area contributed by atoms with E-state index in [0.717, 1.165) is 37.2 Å². The fraction of sp³-hybridized carbons (Fsp3) is 0.459. The lowest BCUT2D eigenvalue weighted by Gasteiger charge is -2.40. The van der Waals surface area contributed by atoms with Crippen molar-refractivity contribution in [1.29, 1.82) is 0 Å². The number of nitrogens with zero attached hydrogens (tertiary/aromatic N) is 3. The maximum absolute atomic E-state index is 12.9. The van der Waals surface area contributed by atoms with Crippen molar-refractivity contribution in [1.82, 2.24) is 4.90 Å². The van der Waals surface area contributed by atoms with Crippen molar-refractivity contribution < 1.29 is 19.4 Å². The van der Waals surface area contributed by atoms with Crippen LogP contribution in [-0.4, -0.2) is 54.3 Å². The number of aromatic carboxylic acids is 1. The van der Waals surface area contributed by atoms with Gasteiger partial charge in [0.1, 0.15) is 6.61 Å². The predicted molar refractivity (Wildman–Crippen MR) is 173 cm³/mol. The SMILES string of the molecule is Cc1ccc2c(c1)N(C1CCN(C(=O)OCc3ccccc3)CC1)CCN1c3cc(C(=O)O)ccc3C(C3CCCCC3)C21. The zero-order chi connectivity index (χ0) is 30.2. The van der Waals surface area contributed by atoms with Crippen molar-refractivity contribution in [2.24, 2.45) is 5.92 Å². The molecule has 1 aliphatic carbocycles. The number of benzene rings is 3. The van der Waals surface area contributed by atoms with Gasteiger partial charge in [-0.2, -0.15) is 0 Å². The number of piperidine rings is 1. The molecular weight excluding hydrogens is 550 g/mol. The first-order valence-electron chi connectivity index (χ1n) is 16.4. The number of carbonyl (C=O) groups is 2. The predicted octanol–water partition coefficient (Wildman–Crippen LogP) is 7.54. The molecule has 1 saturated heterocycles. The van der Waals surface area contributed by atoms with Crippen LogP contribution in [0.3, 0.4) is 0 Å². The summed E-state index contributed by atoms with van der Waals surface area (Å²) in [5.41, 5.74) is 7.72. The number of aryl methyl sites for hydroxylation is 1. The van der Waals surface area contributed by atoms with Crippen molar-refractivity contribution >= 4 is 23.4 Å². The van der Waals surface area contributed by atoms with Gasteiger partial charge in [0.15, 0.2) is 0 Å². The van der Waals surface area contributed by atoms with Crippen LogP contribution in [0.2, 0.25) is 0 Å². The number of amides is 1. The van der Waals surface area contributed by atoms with Gasteiger partial charge in [-0.1, -0.05) is 67.8 Å². The molecule has 2 atom stereocenters. The molecule has 3 heterocycles. The number of rotatable bonds is 5. The summed E-state index contributed by atoms with van der Waals surface area (Å²) in [4.78, 5) is 31.9. The van der Waals surface area contributed by atoms with Crippen molar-refractivity contribution in [3.63, 3.8) is 0 Å². The van der Waals surface area contributed by atoms with Crippen LogP contribution in [0.4, 0.5) is 16.2 Å². The van der Waals surface area contributed by atoms with Crippen LogP contribution in [0.5, 0.6) is 0 Å². The molecule has 0 radical (unpaired) electrons. The lowest BCUT2D eigenvalue weighted by atomic mass is 9.73. The van der Waals surface area contributed by atoms with Crippen molar-refractivity contribution in [2.75, 3.05) is 36.0 Å². The van der Waals surface area contributed by atoms with E-state index in [4.69, 9.17) is 4.74 Å². The van der Waals surface area contributed by atoms with Crippen LogP contribution in [0.15, 0.2) is 66.7 Å². The molecule has 44 heavy (non-hydrogen) atoms. The molecule has 230 valence electrons. The highest BCUT2D eigenvalue weighted by Gasteiger charge is 2.46. The molecule has 3 aromatic carbocycles. The molecule has 7 heteroatoms. The van der Waals surface area contributed by atoms with E-state index in [9.17, 15) is 14.7 Å². The summed E-state index contributed by atoms with van der Waals surface area (Å²) in [6.45, 7) is 5.54. The first-order chi connectivity index (χ1) is 21.5. The Balaban J connectivity index is 1.15. The molecule has 7 rings (SSSR count). The number of anilines is 2. The van der Waals surface area contributed by atoms with Crippen LogP contribution in [0.1, 0.15) is 89.5 Å². The molecule has 4 aliphatic rings. The number of carboxylic acid groups (broad SMARTS) is 1. The Labute approximate surface area is 260 Å². The quantitative estimate of drug-likeness (QED) is 0.330. The number of fused-ring (bicyclic) bond motifs is 5. The van der Waals surface area contributed by atoms with E-state index in [1.807, 2.05) is 47.4 Å². The minimum absolute atomic E-state index is 0.200. The Morgan fingerprint density at radius 2 is 1.50 bits per heavy atom. The van der Waals surface area contributed by atoms with Crippen LogP contribution < -0.4 is 9.80 Å². The largest absolute Gasteiger partial charge is 0.478 e. The number of hydrogen-bond acceptors (Lipinski definition) is 5. The number of hydrogen-bond donors (Lipinski definition) is 1. The van der Waals surface area contributed by atoms with Gasteiger partial charge in [0.05, 0.1) is 11.6 Å². The Morgan fingerprint density at radius 1 is 0.795 bits per heavy atom. The van der Waals surface area contributed by atoms with Crippen molar-refractivity contribution in [2.45, 2.75) is 76.5 Å². The Hall–Kier alpha value is -4.00. The average molecular weight is 594 g/mol. The molecule has 2 unspecified atom stereocenters. The molecule has 7 nitrogen and oxygen atoms in total. The lowest BCUT2D eigenvalue weighted by molar-refractivity contribution is 0.0696. The van der Waals surface area contributed by atoms with Gasteiger partial charge in [-0.3, -0.25) is 0 Å². The molecule has 3 aliphatic heterocycles. The Bertz CT molecular complexity index is 1510. The van der Waals surface area contributed by atoms with Gasteiger partial charge in [0, 0.05) is 49.5 Å². The monoisotopic (exact) mass is 593 g/mol. The molecule has 0 bridgehead atoms. The maximum Gasteiger partial charge on any atom is 0.410 e. The van der Waals surface area contributed by atoms with Gasteiger partial charge < -0.3 is 24.5 Å². The summed E-state index contributed by atoms with van der Waals surface area (Å²) in [5.74, 6) is 0.0850. The van der Waals surface area contributed by atoms with E-state index in [2.05, 4.69) is 41.0 Å². The summed E-state index contributed by atoms with van der Waals surface area (Å²) in [6.07, 6.45) is 7.88. The molecule has 2 fully saturated rings. The van der Waals surface area contributed by atoms with Gasteiger partial charge in [0.2, 0.25) is 0 Å². The topological polar surface area (TPSA) is 73.3 Å². The second kappa shape index (κ2) is 12.2. The summed E-state index contributed by atoms with van der Waals surface area (Å²) in [5, 5.41) is 9.87. The molecule has 0 spiro atoms. The third kappa shape index (κ3) is 5.42. The standard InChI is InChI=1S/C37H43N3O4/c1-25-12-14-31-32(22-25)39(29-16-18-38(19-17-29)37(43)44-24-26-8-4-2-5-9-26)20-21-40-33-23-28(36(41)42)13-15-30(33)34(35(31)40)27-10-6-3-7-11-27/h2,4-5,8-9,12-15,22-23,27,29,34-35H,3,6-7,10-11,16-21,24H2,1H3,(H,41,42). The van der Waals surface area contributed by atoms with E-state index in [0.29, 0.717) is 43.1 Å². The van der Waals surface area contributed by atoms with Crippen molar-refractivity contribution in [3.8, 4) is 0 Å². The third-order valence-electron chi connectivity index (χ3n) is 10.5. The zero-order valence-electron chi connectivity index (χ0n) is 25.7. The van der Waals surface area contributed by atoms with E-state index >= 15 is 0 Å². The van der Waals surface area contributed by atoms with E-state index < -0.39 is 5.97 Å². The number of carbonyl (C=O) groups excluding carboxylic acids is 1. The lowest BCUT2D eigenvalue weighted by Crippen LogP contribution is -2.48. The van der Waals surface area contributed by atoms with Gasteiger partial charge in [-0.05, 0) is 79.0 Å². The first kappa shape index (κ1) is 28.8. The Morgan fingerprint density at radius 3 is 2.25 bits per heavy atom. The third-order valence-corrected chi connectivity index (χ3v) is 10.5. The number of likely N-dealkylation sites (tertiary alicyclic amines) is 1. The molecular formula is C37H43N3O4. The van der Waals surface area contributed by atoms with E-state index in [1.54, 1.807) is 0 Å². The highest BCUT2D eigenvalue weighted by molar-refractivity contribution is 5.90. The number of ether oxygens (including phenoxy) is 1. The molecule has 1 amide bonds. The normalized spacial score (nSPS) is 22.2. The summed E-state index contributed by atoms with van der Waals surface area (Å²) in [7, 11) is 0. The van der Waals surface area contributed by atoms with Crippen LogP contribution in [0.25, 0.3) is 0 Å². The second-order valence-electron chi connectivity index (χ2n) is 13.2. The van der Waals surface area contributed by atoms with Crippen LogP contribution in [-0.2, 0) is 11.3 Å². The average Bonchev–Trinajstić information content (AvgIpc) is 3.28. The summed E-state index contributed by atoms with van der Waals surface area (Å²) >= 11 is 0. The van der Waals surface area contributed by atoms with Gasteiger partial charge in [0.25, 0.3) is 0 Å². The highest BCUT2D eigenvalue weighted by atomic mass is 16.6. The minimum atomic E-state index is -0.869. The fourth-order valence-electron chi connectivity index (χ4n) is 8.39. The number of carboxylic acids is 1. The van der Waals surface area contributed by atoms with Crippen LogP contribution >= 0.6 is 0 Å². The molecule has 1 N–H and O–H groups in total. The minimum Gasteiger partial charge on any atom is -0.478 e. The second-order valence-corrected chi connectivity index (χ2v) is 13.2. The Kier molecular flexibility index (Phi) is 7.96. The van der Waals surface area contributed by atoms with Crippen LogP contribution in [0, 0.1) is 12.8 Å². The van der Waals surface area contributed by atoms with Gasteiger partial charge >= 0.3 is 12.1 Å². The fourth-order valence-corrected chi connectivity index (χ4v) is 8.39. The summed E-state index contributed by atoms with van der Waals surface area (Å²) in [6, 6.07) is 23.2. The highest BCUT2D eigenvalue weighted by Crippen LogP contribution is 2.57. The van der Waals surface area contributed by atoms with E-state index in [1.165, 1.54) is 54.5 Å². The van der Waals surface area contributed by atoms with Gasteiger partial charge in [-0.15, -0.1) is 0 Å². The maximum atomic E-state index is 12.9. The van der Waals surface area contributed by atoms with Gasteiger partial charge in [-0.25, -0.2) is 9.59 Å². The molecule has 1 saturated carbocycles. The summed E-state index contributed by atoms with van der Waals surface area (Å²) < 4.78 is 5.64. The van der Waals surface area contributed by atoms with E-state index in [-0.39, 0.29) is 12.1 Å². The van der Waals surface area contributed by atoms with Crippen molar-refractivity contribution in [3.05, 3.63) is 94.5 Å². The smallest absolute Gasteiger partial charge is 0.410 e. The molecule has 0 aromatic heterocycles.